The van der Waals surface area contributed by atoms with Gasteiger partial charge in [-0.3, -0.25) is 14.8 Å². The van der Waals surface area contributed by atoms with E-state index >= 15 is 0 Å². The van der Waals surface area contributed by atoms with Crippen molar-refractivity contribution in [3.05, 3.63) is 35.9 Å². The van der Waals surface area contributed by atoms with Gasteiger partial charge >= 0.3 is 6.03 Å². The van der Waals surface area contributed by atoms with Crippen molar-refractivity contribution < 1.29 is 19.6 Å². The van der Waals surface area contributed by atoms with Crippen LogP contribution in [0.4, 0.5) is 4.79 Å². The van der Waals surface area contributed by atoms with Crippen LogP contribution in [0.2, 0.25) is 0 Å². The van der Waals surface area contributed by atoms with E-state index in [4.69, 9.17) is 5.21 Å². The van der Waals surface area contributed by atoms with Gasteiger partial charge in [0.15, 0.2) is 0 Å². The van der Waals surface area contributed by atoms with E-state index in [0.717, 1.165) is 5.56 Å². The molecule has 0 saturated heterocycles. The van der Waals surface area contributed by atoms with Crippen LogP contribution in [0.15, 0.2) is 30.3 Å². The Morgan fingerprint density at radius 3 is 2.35 bits per heavy atom. The number of rotatable bonds is 9. The lowest BCUT2D eigenvalue weighted by molar-refractivity contribution is -0.129. The molecule has 0 aromatic heterocycles. The third-order valence-corrected chi connectivity index (χ3v) is 3.76. The Morgan fingerprint density at radius 1 is 1.15 bits per heavy atom. The first-order valence-corrected chi connectivity index (χ1v) is 8.61. The molecular weight excluding hydrogens is 336 g/mol. The average Bonchev–Trinajstić information content (AvgIpc) is 2.63. The monoisotopic (exact) mass is 364 g/mol. The van der Waals surface area contributed by atoms with Crippen molar-refractivity contribution in [2.24, 2.45) is 5.92 Å². The maximum atomic E-state index is 12.5. The molecule has 26 heavy (non-hydrogen) atoms. The van der Waals surface area contributed by atoms with E-state index < -0.39 is 18.0 Å². The van der Waals surface area contributed by atoms with Gasteiger partial charge in [0.25, 0.3) is 5.91 Å². The number of urea groups is 1. The summed E-state index contributed by atoms with van der Waals surface area (Å²) in [5, 5.41) is 13.9. The van der Waals surface area contributed by atoms with E-state index in [2.05, 4.69) is 10.6 Å². The van der Waals surface area contributed by atoms with Gasteiger partial charge < -0.3 is 15.5 Å². The molecule has 0 heterocycles. The van der Waals surface area contributed by atoms with E-state index in [-0.39, 0.29) is 18.4 Å². The number of carbonyl (C=O) groups excluding carboxylic acids is 3. The second-order valence-electron chi connectivity index (χ2n) is 6.45. The highest BCUT2D eigenvalue weighted by Crippen LogP contribution is 2.07. The molecule has 0 aliphatic heterocycles. The summed E-state index contributed by atoms with van der Waals surface area (Å²) in [6.07, 6.45) is 1.05. The minimum atomic E-state index is -0.723. The number of benzene rings is 1. The fourth-order valence-electron chi connectivity index (χ4n) is 2.51. The lowest BCUT2D eigenvalue weighted by Gasteiger charge is -2.26. The maximum absolute atomic E-state index is 12.5. The Morgan fingerprint density at radius 2 is 1.81 bits per heavy atom. The number of nitrogens with one attached hydrogen (secondary N) is 3. The summed E-state index contributed by atoms with van der Waals surface area (Å²) in [5.41, 5.74) is 2.58. The standard InChI is InChI=1S/C18H28N4O4/c1-13(2)11-22(12-16(23)21-26)18(25)20-15(17(24)19-3)10-9-14-7-5-4-6-8-14/h4-8,13,15,26H,9-12H2,1-3H3,(H,19,24)(H,20,25)(H,21,23)/t15-/m0/s1. The SMILES string of the molecule is CNC(=O)[C@H](CCc1ccccc1)NC(=O)N(CC(=O)NO)CC(C)C. The van der Waals surface area contributed by atoms with Crippen LogP contribution in [-0.4, -0.2) is 54.1 Å². The molecule has 0 fully saturated rings. The summed E-state index contributed by atoms with van der Waals surface area (Å²) >= 11 is 0. The number of hydroxylamine groups is 1. The van der Waals surface area contributed by atoms with Gasteiger partial charge in [-0.25, -0.2) is 10.3 Å². The Balaban J connectivity index is 2.77. The van der Waals surface area contributed by atoms with Crippen LogP contribution >= 0.6 is 0 Å². The molecule has 0 aliphatic carbocycles. The zero-order chi connectivity index (χ0) is 19.5. The quantitative estimate of drug-likeness (QED) is 0.385. The highest BCUT2D eigenvalue weighted by molar-refractivity contribution is 5.88. The molecule has 0 saturated carbocycles. The van der Waals surface area contributed by atoms with E-state index in [1.807, 2.05) is 44.2 Å². The molecule has 1 aromatic carbocycles. The van der Waals surface area contributed by atoms with Crippen molar-refractivity contribution in [2.75, 3.05) is 20.1 Å². The average molecular weight is 364 g/mol. The lowest BCUT2D eigenvalue weighted by atomic mass is 10.0. The molecule has 0 bridgehead atoms. The van der Waals surface area contributed by atoms with Gasteiger partial charge in [-0.05, 0) is 24.3 Å². The number of hydrogen-bond donors (Lipinski definition) is 4. The number of aryl methyl sites for hydroxylation is 1. The highest BCUT2D eigenvalue weighted by Gasteiger charge is 2.24. The van der Waals surface area contributed by atoms with Crippen molar-refractivity contribution in [1.82, 2.24) is 21.0 Å². The number of carbonyl (C=O) groups is 3. The Kier molecular flexibility index (Phi) is 9.14. The largest absolute Gasteiger partial charge is 0.357 e. The predicted molar refractivity (Wildman–Crippen MR) is 97.5 cm³/mol. The first-order valence-electron chi connectivity index (χ1n) is 8.61. The predicted octanol–water partition coefficient (Wildman–Crippen LogP) is 0.907. The Hall–Kier alpha value is -2.61. The lowest BCUT2D eigenvalue weighted by Crippen LogP contribution is -2.53. The van der Waals surface area contributed by atoms with Crippen LogP contribution in [0.25, 0.3) is 0 Å². The van der Waals surface area contributed by atoms with Crippen molar-refractivity contribution in [3.63, 3.8) is 0 Å². The van der Waals surface area contributed by atoms with Crippen LogP contribution in [0.1, 0.15) is 25.8 Å². The summed E-state index contributed by atoms with van der Waals surface area (Å²) in [6, 6.07) is 8.42. The minimum absolute atomic E-state index is 0.120. The van der Waals surface area contributed by atoms with Crippen molar-refractivity contribution in [3.8, 4) is 0 Å². The number of likely N-dealkylation sites (N-methyl/N-ethyl adjacent to an activating group) is 1. The third-order valence-electron chi connectivity index (χ3n) is 3.76. The molecule has 144 valence electrons. The van der Waals surface area contributed by atoms with Crippen LogP contribution in [0.3, 0.4) is 0 Å². The van der Waals surface area contributed by atoms with Gasteiger partial charge in [0.05, 0.1) is 0 Å². The van der Waals surface area contributed by atoms with Crippen molar-refractivity contribution >= 4 is 17.8 Å². The summed E-state index contributed by atoms with van der Waals surface area (Å²) in [4.78, 5) is 37.4. The highest BCUT2D eigenvalue weighted by atomic mass is 16.5. The normalized spacial score (nSPS) is 11.6. The zero-order valence-electron chi connectivity index (χ0n) is 15.5. The fraction of sp³-hybridized carbons (Fsp3) is 0.500. The first-order chi connectivity index (χ1) is 12.4. The Bertz CT molecular complexity index is 592. The number of amides is 4. The molecule has 4 amide bonds. The van der Waals surface area contributed by atoms with Crippen LogP contribution < -0.4 is 16.1 Å². The van der Waals surface area contributed by atoms with Gasteiger partial charge in [-0.15, -0.1) is 0 Å². The maximum Gasteiger partial charge on any atom is 0.318 e. The van der Waals surface area contributed by atoms with E-state index in [9.17, 15) is 14.4 Å². The summed E-state index contributed by atoms with van der Waals surface area (Å²) in [5.74, 6) is -0.873. The van der Waals surface area contributed by atoms with E-state index in [1.54, 1.807) is 0 Å². The number of nitrogens with zero attached hydrogens (tertiary/aromatic N) is 1. The second-order valence-corrected chi connectivity index (χ2v) is 6.45. The molecule has 0 unspecified atom stereocenters. The van der Waals surface area contributed by atoms with Crippen LogP contribution in [0.5, 0.6) is 0 Å². The molecule has 1 rings (SSSR count). The minimum Gasteiger partial charge on any atom is -0.357 e. The third kappa shape index (κ3) is 7.52. The van der Waals surface area contributed by atoms with Gasteiger partial charge in [0.1, 0.15) is 12.6 Å². The summed E-state index contributed by atoms with van der Waals surface area (Å²) in [7, 11) is 1.51. The van der Waals surface area contributed by atoms with E-state index in [1.165, 1.54) is 17.4 Å². The van der Waals surface area contributed by atoms with Crippen molar-refractivity contribution in [1.29, 1.82) is 0 Å². The molecule has 1 atom stereocenters. The van der Waals surface area contributed by atoms with Gasteiger partial charge in [0.2, 0.25) is 5.91 Å². The second kappa shape index (κ2) is 11.1. The molecule has 1 aromatic rings. The molecule has 8 heteroatoms. The topological polar surface area (TPSA) is 111 Å². The molecule has 0 radical (unpaired) electrons. The van der Waals surface area contributed by atoms with Crippen LogP contribution in [-0.2, 0) is 16.0 Å². The first kappa shape index (κ1) is 21.4. The summed E-state index contributed by atoms with van der Waals surface area (Å²) < 4.78 is 0. The number of hydrogen-bond acceptors (Lipinski definition) is 4. The van der Waals surface area contributed by atoms with Crippen molar-refractivity contribution in [2.45, 2.75) is 32.7 Å². The van der Waals surface area contributed by atoms with Gasteiger partial charge in [0, 0.05) is 13.6 Å². The van der Waals surface area contributed by atoms with Gasteiger partial charge in [-0.1, -0.05) is 44.2 Å². The molecule has 0 aliphatic rings. The Labute approximate surface area is 153 Å². The molecule has 4 N–H and O–H groups in total. The molecular formula is C18H28N4O4. The zero-order valence-corrected chi connectivity index (χ0v) is 15.5. The van der Waals surface area contributed by atoms with Crippen LogP contribution in [0, 0.1) is 5.92 Å². The van der Waals surface area contributed by atoms with E-state index in [0.29, 0.717) is 19.4 Å². The summed E-state index contributed by atoms with van der Waals surface area (Å²) in [6.45, 7) is 3.84. The molecule has 8 nitrogen and oxygen atoms in total. The van der Waals surface area contributed by atoms with Gasteiger partial charge in [-0.2, -0.15) is 0 Å². The molecule has 0 spiro atoms. The fourth-order valence-corrected chi connectivity index (χ4v) is 2.51. The smallest absolute Gasteiger partial charge is 0.318 e.